The zero-order valence-electron chi connectivity index (χ0n) is 10.3. The van der Waals surface area contributed by atoms with Crippen LogP contribution in [0.4, 0.5) is 10.1 Å². The van der Waals surface area contributed by atoms with Crippen molar-refractivity contribution >= 4 is 21.3 Å². The standard InChI is InChI=1S/C12H16FNO3S/c1-8(2)18(16,17)7-6-11(15)9-4-3-5-10(13)12(9)14/h3-5,8H,6-7,14H2,1-2H3. The van der Waals surface area contributed by atoms with Gasteiger partial charge in [0.25, 0.3) is 0 Å². The van der Waals surface area contributed by atoms with Crippen LogP contribution < -0.4 is 5.73 Å². The molecule has 0 unspecified atom stereocenters. The summed E-state index contributed by atoms with van der Waals surface area (Å²) in [5, 5.41) is -0.532. The van der Waals surface area contributed by atoms with E-state index in [9.17, 15) is 17.6 Å². The first kappa shape index (κ1) is 14.6. The van der Waals surface area contributed by atoms with Crippen molar-refractivity contribution in [2.75, 3.05) is 11.5 Å². The Labute approximate surface area is 106 Å². The first-order valence-corrected chi connectivity index (χ1v) is 7.26. The van der Waals surface area contributed by atoms with Crippen LogP contribution in [0, 0.1) is 5.82 Å². The maximum atomic E-state index is 13.1. The van der Waals surface area contributed by atoms with Crippen LogP contribution in [0.15, 0.2) is 18.2 Å². The number of nitrogen functional groups attached to an aromatic ring is 1. The van der Waals surface area contributed by atoms with Gasteiger partial charge in [-0.05, 0) is 26.0 Å². The van der Waals surface area contributed by atoms with Gasteiger partial charge in [-0.25, -0.2) is 12.8 Å². The monoisotopic (exact) mass is 273 g/mol. The third kappa shape index (κ3) is 3.29. The summed E-state index contributed by atoms with van der Waals surface area (Å²) in [7, 11) is -3.28. The minimum absolute atomic E-state index is 0.0361. The Hall–Kier alpha value is -1.43. The molecule has 1 rings (SSSR count). The number of carbonyl (C=O) groups is 1. The average molecular weight is 273 g/mol. The Morgan fingerprint density at radius 1 is 1.39 bits per heavy atom. The predicted molar refractivity (Wildman–Crippen MR) is 68.7 cm³/mol. The highest BCUT2D eigenvalue weighted by molar-refractivity contribution is 7.91. The number of sulfone groups is 1. The molecule has 0 saturated carbocycles. The summed E-state index contributed by atoms with van der Waals surface area (Å²) in [4.78, 5) is 11.8. The number of nitrogens with two attached hydrogens (primary N) is 1. The number of carbonyl (C=O) groups excluding carboxylic acids is 1. The van der Waals surface area contributed by atoms with E-state index >= 15 is 0 Å². The highest BCUT2D eigenvalue weighted by atomic mass is 32.2. The summed E-state index contributed by atoms with van der Waals surface area (Å²) < 4.78 is 36.3. The fourth-order valence-electron chi connectivity index (χ4n) is 1.39. The maximum Gasteiger partial charge on any atom is 0.166 e. The molecule has 0 aliphatic heterocycles. The molecular weight excluding hydrogens is 257 g/mol. The van der Waals surface area contributed by atoms with Crippen LogP contribution in [-0.2, 0) is 9.84 Å². The third-order valence-electron chi connectivity index (χ3n) is 2.69. The number of hydrogen-bond acceptors (Lipinski definition) is 4. The lowest BCUT2D eigenvalue weighted by atomic mass is 10.1. The zero-order valence-corrected chi connectivity index (χ0v) is 11.1. The van der Waals surface area contributed by atoms with Crippen LogP contribution in [0.5, 0.6) is 0 Å². The lowest BCUT2D eigenvalue weighted by Gasteiger charge is -2.08. The van der Waals surface area contributed by atoms with E-state index in [1.165, 1.54) is 12.1 Å². The van der Waals surface area contributed by atoms with Crippen molar-refractivity contribution in [1.29, 1.82) is 0 Å². The molecule has 0 saturated heterocycles. The first-order valence-electron chi connectivity index (χ1n) is 5.54. The van der Waals surface area contributed by atoms with Gasteiger partial charge in [-0.3, -0.25) is 4.79 Å². The number of hydrogen-bond donors (Lipinski definition) is 1. The minimum atomic E-state index is -3.28. The van der Waals surface area contributed by atoms with Gasteiger partial charge in [-0.15, -0.1) is 0 Å². The summed E-state index contributed by atoms with van der Waals surface area (Å²) in [5.41, 5.74) is 5.24. The molecule has 1 aromatic carbocycles. The second-order valence-corrected chi connectivity index (χ2v) is 6.97. The van der Waals surface area contributed by atoms with Crippen molar-refractivity contribution in [2.24, 2.45) is 0 Å². The predicted octanol–water partition coefficient (Wildman–Crippen LogP) is 1.80. The molecule has 0 aliphatic carbocycles. The van der Waals surface area contributed by atoms with Gasteiger partial charge in [0.15, 0.2) is 15.6 Å². The normalized spacial score (nSPS) is 11.8. The van der Waals surface area contributed by atoms with Gasteiger partial charge in [-0.1, -0.05) is 6.07 Å². The molecule has 0 aromatic heterocycles. The molecule has 2 N–H and O–H groups in total. The molecular formula is C12H16FNO3S. The number of benzene rings is 1. The Kier molecular flexibility index (Phi) is 4.45. The number of Topliss-reactive ketones (excluding diaryl/α,β-unsaturated/α-hetero) is 1. The molecule has 0 heterocycles. The second-order valence-electron chi connectivity index (χ2n) is 4.29. The highest BCUT2D eigenvalue weighted by Crippen LogP contribution is 2.18. The smallest absolute Gasteiger partial charge is 0.166 e. The number of ketones is 1. The topological polar surface area (TPSA) is 77.2 Å². The minimum Gasteiger partial charge on any atom is -0.396 e. The van der Waals surface area contributed by atoms with Crippen LogP contribution in [0.25, 0.3) is 0 Å². The molecule has 4 nitrogen and oxygen atoms in total. The molecule has 0 aliphatic rings. The molecule has 0 fully saturated rings. The largest absolute Gasteiger partial charge is 0.396 e. The van der Waals surface area contributed by atoms with E-state index in [1.54, 1.807) is 13.8 Å². The van der Waals surface area contributed by atoms with E-state index in [4.69, 9.17) is 5.73 Å². The Bertz CT molecular complexity index is 552. The molecule has 18 heavy (non-hydrogen) atoms. The lowest BCUT2D eigenvalue weighted by molar-refractivity contribution is 0.0989. The van der Waals surface area contributed by atoms with E-state index in [0.29, 0.717) is 0 Å². The summed E-state index contributed by atoms with van der Waals surface area (Å²) in [6, 6.07) is 3.91. The summed E-state index contributed by atoms with van der Waals surface area (Å²) in [5.74, 6) is -1.39. The van der Waals surface area contributed by atoms with Crippen LogP contribution in [-0.4, -0.2) is 25.2 Å². The quantitative estimate of drug-likeness (QED) is 0.655. The van der Waals surface area contributed by atoms with Crippen molar-refractivity contribution in [3.05, 3.63) is 29.6 Å². The molecule has 6 heteroatoms. The third-order valence-corrected chi connectivity index (χ3v) is 4.89. The second kappa shape index (κ2) is 5.48. The van der Waals surface area contributed by atoms with Gasteiger partial charge < -0.3 is 5.73 Å². The maximum absolute atomic E-state index is 13.1. The molecule has 0 atom stereocenters. The van der Waals surface area contributed by atoms with Crippen LogP contribution >= 0.6 is 0 Å². The van der Waals surface area contributed by atoms with Gasteiger partial charge in [0.2, 0.25) is 0 Å². The van der Waals surface area contributed by atoms with Crippen molar-refractivity contribution in [2.45, 2.75) is 25.5 Å². The van der Waals surface area contributed by atoms with E-state index in [1.807, 2.05) is 0 Å². The van der Waals surface area contributed by atoms with E-state index in [2.05, 4.69) is 0 Å². The lowest BCUT2D eigenvalue weighted by Crippen LogP contribution is -2.20. The summed E-state index contributed by atoms with van der Waals surface area (Å²) >= 11 is 0. The number of anilines is 1. The van der Waals surface area contributed by atoms with E-state index in [-0.39, 0.29) is 23.4 Å². The molecule has 0 amide bonds. The molecule has 1 aromatic rings. The van der Waals surface area contributed by atoms with E-state index in [0.717, 1.165) is 6.07 Å². The van der Waals surface area contributed by atoms with E-state index < -0.39 is 26.7 Å². The SMILES string of the molecule is CC(C)S(=O)(=O)CCC(=O)c1cccc(F)c1N. The van der Waals surface area contributed by atoms with Gasteiger partial charge in [0.1, 0.15) is 5.82 Å². The van der Waals surface area contributed by atoms with Crippen molar-refractivity contribution in [3.8, 4) is 0 Å². The summed E-state index contributed by atoms with van der Waals surface area (Å²) in [6.45, 7) is 3.10. The Morgan fingerprint density at radius 2 is 2.00 bits per heavy atom. The summed E-state index contributed by atoms with van der Waals surface area (Å²) in [6.07, 6.45) is -0.186. The first-order chi connectivity index (χ1) is 8.25. The van der Waals surface area contributed by atoms with Crippen molar-refractivity contribution < 1.29 is 17.6 Å². The zero-order chi connectivity index (χ0) is 13.9. The van der Waals surface area contributed by atoms with Gasteiger partial charge in [-0.2, -0.15) is 0 Å². The fraction of sp³-hybridized carbons (Fsp3) is 0.417. The molecule has 0 spiro atoms. The van der Waals surface area contributed by atoms with Crippen LogP contribution in [0.1, 0.15) is 30.6 Å². The molecule has 100 valence electrons. The number of halogens is 1. The van der Waals surface area contributed by atoms with Gasteiger partial charge >= 0.3 is 0 Å². The highest BCUT2D eigenvalue weighted by Gasteiger charge is 2.19. The Balaban J connectivity index is 2.82. The molecule has 0 radical (unpaired) electrons. The van der Waals surface area contributed by atoms with Crippen molar-refractivity contribution in [1.82, 2.24) is 0 Å². The van der Waals surface area contributed by atoms with Gasteiger partial charge in [0.05, 0.1) is 16.7 Å². The van der Waals surface area contributed by atoms with Crippen LogP contribution in [0.2, 0.25) is 0 Å². The average Bonchev–Trinajstić information content (AvgIpc) is 2.29. The van der Waals surface area contributed by atoms with Crippen molar-refractivity contribution in [3.63, 3.8) is 0 Å². The number of para-hydroxylation sites is 1. The van der Waals surface area contributed by atoms with Gasteiger partial charge in [0, 0.05) is 12.0 Å². The number of rotatable bonds is 5. The fourth-order valence-corrected chi connectivity index (χ4v) is 2.33. The Morgan fingerprint density at radius 3 is 2.56 bits per heavy atom. The van der Waals surface area contributed by atoms with Crippen LogP contribution in [0.3, 0.4) is 0 Å². The molecule has 0 bridgehead atoms.